The molecule has 0 aliphatic heterocycles. The Hall–Kier alpha value is -0.540. The Balaban J connectivity index is 2.87. The lowest BCUT2D eigenvalue weighted by molar-refractivity contribution is 0.0911. The summed E-state index contributed by atoms with van der Waals surface area (Å²) in [5.41, 5.74) is 1.36. The van der Waals surface area contributed by atoms with E-state index in [1.807, 2.05) is 39.0 Å². The summed E-state index contributed by atoms with van der Waals surface area (Å²) in [5, 5.41) is 3.00. The van der Waals surface area contributed by atoms with Crippen molar-refractivity contribution in [1.82, 2.24) is 5.32 Å². The van der Waals surface area contributed by atoms with E-state index in [1.165, 1.54) is 0 Å². The van der Waals surface area contributed by atoms with Crippen LogP contribution in [0.5, 0.6) is 0 Å². The van der Waals surface area contributed by atoms with Crippen molar-refractivity contribution in [1.29, 1.82) is 0 Å². The average Bonchev–Trinajstić information content (AvgIpc) is 2.21. The Bertz CT molecular complexity index is 418. The van der Waals surface area contributed by atoms with E-state index in [-0.39, 0.29) is 11.4 Å². The molecular weight excluding hydrogens is 302 g/mol. The van der Waals surface area contributed by atoms with Crippen LogP contribution in [0.15, 0.2) is 22.7 Å². The molecule has 1 aromatic rings. The number of hydrogen-bond donors (Lipinski definition) is 1. The molecule has 0 heterocycles. The quantitative estimate of drug-likeness (QED) is 0.838. The van der Waals surface area contributed by atoms with Gasteiger partial charge < -0.3 is 5.32 Å². The van der Waals surface area contributed by atoms with Gasteiger partial charge in [0.15, 0.2) is 0 Å². The summed E-state index contributed by atoms with van der Waals surface area (Å²) in [6, 6.07) is 5.61. The lowest BCUT2D eigenvalue weighted by Crippen LogP contribution is -2.43. The molecule has 0 bridgehead atoms. The Labute approximate surface area is 116 Å². The van der Waals surface area contributed by atoms with Crippen LogP contribution < -0.4 is 5.32 Å². The molecule has 0 fully saturated rings. The van der Waals surface area contributed by atoms with Crippen molar-refractivity contribution < 1.29 is 4.79 Å². The zero-order valence-corrected chi connectivity index (χ0v) is 12.7. The molecule has 0 aliphatic carbocycles. The number of carbonyl (C=O) groups is 1. The van der Waals surface area contributed by atoms with E-state index in [2.05, 4.69) is 21.2 Å². The third-order valence-corrected chi connectivity index (χ3v) is 3.73. The van der Waals surface area contributed by atoms with E-state index in [4.69, 9.17) is 11.6 Å². The van der Waals surface area contributed by atoms with Crippen LogP contribution in [0.25, 0.3) is 0 Å². The van der Waals surface area contributed by atoms with Crippen LogP contribution in [-0.4, -0.2) is 17.3 Å². The first-order valence-corrected chi connectivity index (χ1v) is 6.84. The topological polar surface area (TPSA) is 29.1 Å². The minimum atomic E-state index is -0.284. The fourth-order valence-corrected chi connectivity index (χ4v) is 2.37. The van der Waals surface area contributed by atoms with E-state index < -0.39 is 0 Å². The van der Waals surface area contributed by atoms with Gasteiger partial charge in [0.25, 0.3) is 5.91 Å². The summed E-state index contributed by atoms with van der Waals surface area (Å²) < 4.78 is 0.945. The van der Waals surface area contributed by atoms with Gasteiger partial charge in [0.05, 0.1) is 0 Å². The zero-order valence-electron chi connectivity index (χ0n) is 10.3. The Kier molecular flexibility index (Phi) is 5.02. The summed E-state index contributed by atoms with van der Waals surface area (Å²) >= 11 is 9.14. The molecule has 0 saturated heterocycles. The van der Waals surface area contributed by atoms with Crippen molar-refractivity contribution in [3.05, 3.63) is 33.8 Å². The number of rotatable bonds is 4. The van der Waals surface area contributed by atoms with Crippen LogP contribution in [0.2, 0.25) is 0 Å². The van der Waals surface area contributed by atoms with Crippen molar-refractivity contribution in [2.24, 2.45) is 0 Å². The van der Waals surface area contributed by atoms with Crippen LogP contribution in [0.4, 0.5) is 0 Å². The predicted octanol–water partition coefficient (Wildman–Crippen LogP) is 3.89. The van der Waals surface area contributed by atoms with Crippen LogP contribution in [0, 0.1) is 6.92 Å². The van der Waals surface area contributed by atoms with Gasteiger partial charge >= 0.3 is 0 Å². The largest absolute Gasteiger partial charge is 0.347 e. The summed E-state index contributed by atoms with van der Waals surface area (Å²) in [6.45, 7) is 5.87. The van der Waals surface area contributed by atoms with Crippen molar-refractivity contribution in [3.8, 4) is 0 Å². The first-order chi connectivity index (χ1) is 7.87. The molecule has 94 valence electrons. The smallest absolute Gasteiger partial charge is 0.251 e. The van der Waals surface area contributed by atoms with Crippen LogP contribution in [0.3, 0.4) is 0 Å². The molecule has 0 aromatic heterocycles. The number of carbonyl (C=O) groups excluding carboxylic acids is 1. The lowest BCUT2D eigenvalue weighted by Gasteiger charge is -2.25. The summed E-state index contributed by atoms with van der Waals surface area (Å²) in [7, 11) is 0. The maximum absolute atomic E-state index is 12.1. The summed E-state index contributed by atoms with van der Waals surface area (Å²) in [5.74, 6) is 0.476. The maximum atomic E-state index is 12.1. The van der Waals surface area contributed by atoms with Gasteiger partial charge in [-0.3, -0.25) is 4.79 Å². The number of amides is 1. The second-order valence-corrected chi connectivity index (χ2v) is 5.92. The minimum Gasteiger partial charge on any atom is -0.347 e. The van der Waals surface area contributed by atoms with Gasteiger partial charge in [0.2, 0.25) is 0 Å². The average molecular weight is 319 g/mol. The van der Waals surface area contributed by atoms with Crippen LogP contribution in [-0.2, 0) is 0 Å². The number of alkyl halides is 1. The summed E-state index contributed by atoms with van der Waals surface area (Å²) in [4.78, 5) is 12.1. The number of hydrogen-bond acceptors (Lipinski definition) is 1. The Morgan fingerprint density at radius 2 is 2.12 bits per heavy atom. The third-order valence-electron chi connectivity index (χ3n) is 2.68. The van der Waals surface area contributed by atoms with Crippen molar-refractivity contribution in [3.63, 3.8) is 0 Å². The van der Waals surface area contributed by atoms with Crippen molar-refractivity contribution >= 4 is 33.4 Å². The fourth-order valence-electron chi connectivity index (χ4n) is 1.53. The minimum absolute atomic E-state index is 0.0566. The molecular formula is C13H17BrClNO. The van der Waals surface area contributed by atoms with Gasteiger partial charge in [-0.05, 0) is 44.9 Å². The Morgan fingerprint density at radius 1 is 1.47 bits per heavy atom. The fraction of sp³-hybridized carbons (Fsp3) is 0.462. The van der Waals surface area contributed by atoms with E-state index in [0.717, 1.165) is 16.5 Å². The van der Waals surface area contributed by atoms with E-state index >= 15 is 0 Å². The molecule has 0 unspecified atom stereocenters. The number of nitrogens with one attached hydrogen (secondary N) is 1. The first-order valence-electron chi connectivity index (χ1n) is 5.51. The Morgan fingerprint density at radius 3 is 2.71 bits per heavy atom. The normalized spacial score (nSPS) is 11.4. The molecule has 0 spiro atoms. The molecule has 1 N–H and O–H groups in total. The SMILES string of the molecule is Cc1c(Br)cccc1C(=O)NC(C)(C)CCCl. The molecule has 1 aromatic carbocycles. The molecule has 1 rings (SSSR count). The van der Waals surface area contributed by atoms with E-state index in [1.54, 1.807) is 0 Å². The van der Waals surface area contributed by atoms with Gasteiger partial charge in [0.1, 0.15) is 0 Å². The highest BCUT2D eigenvalue weighted by Gasteiger charge is 2.21. The molecule has 17 heavy (non-hydrogen) atoms. The van der Waals surface area contributed by atoms with Gasteiger partial charge in [-0.15, -0.1) is 11.6 Å². The highest BCUT2D eigenvalue weighted by molar-refractivity contribution is 9.10. The second-order valence-electron chi connectivity index (χ2n) is 4.69. The number of benzene rings is 1. The van der Waals surface area contributed by atoms with E-state index in [0.29, 0.717) is 11.4 Å². The van der Waals surface area contributed by atoms with Crippen LogP contribution >= 0.6 is 27.5 Å². The molecule has 0 atom stereocenters. The number of halogens is 2. The van der Waals surface area contributed by atoms with Crippen LogP contribution in [0.1, 0.15) is 36.2 Å². The third kappa shape index (κ3) is 4.00. The maximum Gasteiger partial charge on any atom is 0.251 e. The highest BCUT2D eigenvalue weighted by Crippen LogP contribution is 2.20. The van der Waals surface area contributed by atoms with Crippen molar-refractivity contribution in [2.45, 2.75) is 32.7 Å². The molecule has 0 aliphatic rings. The molecule has 4 heteroatoms. The van der Waals surface area contributed by atoms with E-state index in [9.17, 15) is 4.79 Å². The zero-order chi connectivity index (χ0) is 13.1. The molecule has 2 nitrogen and oxygen atoms in total. The lowest BCUT2D eigenvalue weighted by atomic mass is 10.0. The van der Waals surface area contributed by atoms with Gasteiger partial charge in [-0.1, -0.05) is 22.0 Å². The summed E-state index contributed by atoms with van der Waals surface area (Å²) in [6.07, 6.45) is 0.743. The standard InChI is InChI=1S/C13H17BrClNO/c1-9-10(5-4-6-11(9)14)12(17)16-13(2,3)7-8-15/h4-6H,7-8H2,1-3H3,(H,16,17). The van der Waals surface area contributed by atoms with Gasteiger partial charge in [-0.25, -0.2) is 0 Å². The van der Waals surface area contributed by atoms with Gasteiger partial charge in [0, 0.05) is 21.5 Å². The molecule has 0 saturated carbocycles. The first kappa shape index (κ1) is 14.5. The monoisotopic (exact) mass is 317 g/mol. The van der Waals surface area contributed by atoms with Gasteiger partial charge in [-0.2, -0.15) is 0 Å². The predicted molar refractivity (Wildman–Crippen MR) is 75.8 cm³/mol. The molecule has 0 radical (unpaired) electrons. The second kappa shape index (κ2) is 5.87. The highest BCUT2D eigenvalue weighted by atomic mass is 79.9. The molecule has 1 amide bonds. The van der Waals surface area contributed by atoms with Crippen molar-refractivity contribution in [2.75, 3.05) is 5.88 Å².